The van der Waals surface area contributed by atoms with Gasteiger partial charge in [-0.3, -0.25) is 4.79 Å². The summed E-state index contributed by atoms with van der Waals surface area (Å²) in [4.78, 5) is 18.7. The van der Waals surface area contributed by atoms with Crippen molar-refractivity contribution in [3.63, 3.8) is 0 Å². The summed E-state index contributed by atoms with van der Waals surface area (Å²) < 4.78 is 19.8. The van der Waals surface area contributed by atoms with Gasteiger partial charge in [-0.25, -0.2) is 4.98 Å². The van der Waals surface area contributed by atoms with Crippen LogP contribution in [0, 0.1) is 10.5 Å². The first-order valence-corrected chi connectivity index (χ1v) is 14.1. The van der Waals surface area contributed by atoms with Gasteiger partial charge >= 0.3 is 0 Å². The van der Waals surface area contributed by atoms with Crippen molar-refractivity contribution in [2.75, 3.05) is 13.7 Å². The smallest absolute Gasteiger partial charge is 0.282 e. The van der Waals surface area contributed by atoms with Crippen molar-refractivity contribution in [3.8, 4) is 28.6 Å². The van der Waals surface area contributed by atoms with E-state index in [1.54, 1.807) is 19.4 Å². The summed E-state index contributed by atoms with van der Waals surface area (Å²) >= 11 is 2.23. The molecule has 204 valence electrons. The molecule has 8 heteroatoms. The van der Waals surface area contributed by atoms with Gasteiger partial charge in [0.15, 0.2) is 17.3 Å². The molecular formula is C31H34IN3O4. The summed E-state index contributed by atoms with van der Waals surface area (Å²) in [6, 6.07) is 15.2. The average Bonchev–Trinajstić information content (AvgIpc) is 2.89. The van der Waals surface area contributed by atoms with E-state index in [0.29, 0.717) is 34.8 Å². The van der Waals surface area contributed by atoms with Gasteiger partial charge in [-0.15, -0.1) is 0 Å². The molecule has 0 saturated heterocycles. The van der Waals surface area contributed by atoms with Crippen LogP contribution in [0.3, 0.4) is 0 Å². The number of rotatable bonds is 9. The van der Waals surface area contributed by atoms with Crippen molar-refractivity contribution in [2.24, 2.45) is 5.10 Å². The van der Waals surface area contributed by atoms with Gasteiger partial charge in [-0.05, 0) is 109 Å². The van der Waals surface area contributed by atoms with Gasteiger partial charge in [0.2, 0.25) is 0 Å². The van der Waals surface area contributed by atoms with Crippen molar-refractivity contribution >= 4 is 39.7 Å². The van der Waals surface area contributed by atoms with Gasteiger partial charge in [-0.2, -0.15) is 9.78 Å². The first-order chi connectivity index (χ1) is 18.6. The first kappa shape index (κ1) is 28.6. The molecule has 0 aliphatic rings. The van der Waals surface area contributed by atoms with Crippen molar-refractivity contribution in [1.29, 1.82) is 0 Å². The molecule has 4 aromatic rings. The maximum absolute atomic E-state index is 13.7. The minimum Gasteiger partial charge on any atom is -0.496 e. The summed E-state index contributed by atoms with van der Waals surface area (Å²) in [5.41, 5.74) is 3.95. The summed E-state index contributed by atoms with van der Waals surface area (Å²) in [5.74, 6) is 2.83. The molecule has 0 spiro atoms. The van der Waals surface area contributed by atoms with Crippen LogP contribution in [0.4, 0.5) is 0 Å². The molecular weight excluding hydrogens is 605 g/mol. The van der Waals surface area contributed by atoms with E-state index in [1.165, 1.54) is 4.68 Å². The normalized spacial score (nSPS) is 11.6. The number of benzene rings is 3. The number of halogens is 1. The zero-order valence-corrected chi connectivity index (χ0v) is 25.6. The zero-order chi connectivity index (χ0) is 28.3. The fourth-order valence-corrected chi connectivity index (χ4v) is 5.12. The minimum atomic E-state index is -0.243. The quantitative estimate of drug-likeness (QED) is 0.143. The molecule has 0 radical (unpaired) electrons. The Bertz CT molecular complexity index is 1590. The lowest BCUT2D eigenvalue weighted by atomic mass is 9.96. The fraction of sp³-hybridized carbons (Fsp3) is 0.323. The third-order valence-corrected chi connectivity index (χ3v) is 7.00. The Labute approximate surface area is 243 Å². The Balaban J connectivity index is 1.93. The molecule has 1 heterocycles. The van der Waals surface area contributed by atoms with Crippen molar-refractivity contribution in [3.05, 3.63) is 79.1 Å². The molecule has 0 amide bonds. The highest BCUT2D eigenvalue weighted by Crippen LogP contribution is 2.36. The third kappa shape index (κ3) is 6.11. The number of hydrogen-bond acceptors (Lipinski definition) is 6. The molecule has 0 atom stereocenters. The number of fused-ring (bicyclic) bond motifs is 1. The van der Waals surface area contributed by atoms with Gasteiger partial charge < -0.3 is 14.2 Å². The van der Waals surface area contributed by atoms with Gasteiger partial charge in [0.05, 0.1) is 40.5 Å². The van der Waals surface area contributed by atoms with E-state index in [1.807, 2.05) is 64.1 Å². The van der Waals surface area contributed by atoms with E-state index in [4.69, 9.17) is 19.2 Å². The van der Waals surface area contributed by atoms with E-state index in [9.17, 15) is 4.79 Å². The molecule has 0 saturated carbocycles. The predicted octanol–water partition coefficient (Wildman–Crippen LogP) is 7.18. The number of hydrogen-bond donors (Lipinski definition) is 0. The number of nitrogens with zero attached hydrogens (tertiary/aromatic N) is 3. The van der Waals surface area contributed by atoms with Gasteiger partial charge in [0.25, 0.3) is 5.56 Å². The Morgan fingerprint density at radius 2 is 1.82 bits per heavy atom. The highest BCUT2D eigenvalue weighted by Gasteiger charge is 2.19. The Morgan fingerprint density at radius 1 is 1.08 bits per heavy atom. The Kier molecular flexibility index (Phi) is 8.94. The number of aryl methyl sites for hydroxylation is 1. The van der Waals surface area contributed by atoms with Gasteiger partial charge in [0.1, 0.15) is 5.75 Å². The average molecular weight is 640 g/mol. The molecule has 0 bridgehead atoms. The lowest BCUT2D eigenvalue weighted by Gasteiger charge is -2.18. The molecule has 1 aromatic heterocycles. The van der Waals surface area contributed by atoms with Crippen LogP contribution in [0.15, 0.2) is 58.4 Å². The SMILES string of the molecule is CCOc1cc(C=Nn2c(-c3cc(C(C)C)c(OC)cc3C)nc3ccccc3c2=O)cc(I)c1OC(C)C. The lowest BCUT2D eigenvalue weighted by Crippen LogP contribution is -2.21. The summed E-state index contributed by atoms with van der Waals surface area (Å²) in [6.07, 6.45) is 1.67. The molecule has 4 rings (SSSR count). The summed E-state index contributed by atoms with van der Waals surface area (Å²) in [5, 5.41) is 5.18. The zero-order valence-electron chi connectivity index (χ0n) is 23.4. The predicted molar refractivity (Wildman–Crippen MR) is 166 cm³/mol. The second-order valence-electron chi connectivity index (χ2n) is 9.81. The lowest BCUT2D eigenvalue weighted by molar-refractivity contribution is 0.222. The second-order valence-corrected chi connectivity index (χ2v) is 11.0. The number of ether oxygens (including phenoxy) is 3. The number of para-hydroxylation sites is 1. The highest BCUT2D eigenvalue weighted by atomic mass is 127. The van der Waals surface area contributed by atoms with Gasteiger partial charge in [-0.1, -0.05) is 26.0 Å². The van der Waals surface area contributed by atoms with Crippen LogP contribution in [-0.4, -0.2) is 35.7 Å². The Hall–Kier alpha value is -3.40. The largest absolute Gasteiger partial charge is 0.496 e. The molecule has 39 heavy (non-hydrogen) atoms. The molecule has 0 unspecified atom stereocenters. The van der Waals surface area contributed by atoms with Crippen molar-refractivity contribution in [2.45, 2.75) is 53.6 Å². The standard InChI is InChI=1S/C31H34IN3O4/c1-8-38-28-15-21(14-25(32)29(28)39-19(4)5)17-33-35-30(34-26-12-10-9-11-22(26)31(35)36)24-16-23(18(2)3)27(37-7)13-20(24)6/h9-19H,8H2,1-7H3. The molecule has 0 fully saturated rings. The van der Waals surface area contributed by atoms with Crippen LogP contribution >= 0.6 is 22.6 Å². The van der Waals surface area contributed by atoms with Crippen LogP contribution in [0.1, 0.15) is 57.2 Å². The van der Waals surface area contributed by atoms with E-state index in [2.05, 4.69) is 47.6 Å². The van der Waals surface area contributed by atoms with Crippen LogP contribution in [-0.2, 0) is 0 Å². The molecule has 7 nitrogen and oxygen atoms in total. The van der Waals surface area contributed by atoms with E-state index in [-0.39, 0.29) is 17.6 Å². The molecule has 0 aliphatic carbocycles. The summed E-state index contributed by atoms with van der Waals surface area (Å²) in [7, 11) is 1.67. The highest BCUT2D eigenvalue weighted by molar-refractivity contribution is 14.1. The monoisotopic (exact) mass is 639 g/mol. The first-order valence-electron chi connectivity index (χ1n) is 13.0. The van der Waals surface area contributed by atoms with E-state index >= 15 is 0 Å². The van der Waals surface area contributed by atoms with Gasteiger partial charge in [0, 0.05) is 5.56 Å². The van der Waals surface area contributed by atoms with Crippen LogP contribution in [0.25, 0.3) is 22.3 Å². The van der Waals surface area contributed by atoms with Crippen molar-refractivity contribution < 1.29 is 14.2 Å². The molecule has 0 N–H and O–H groups in total. The second kappa shape index (κ2) is 12.2. The number of aromatic nitrogens is 2. The van der Waals surface area contributed by atoms with Crippen molar-refractivity contribution in [1.82, 2.24) is 9.66 Å². The maximum Gasteiger partial charge on any atom is 0.282 e. The van der Waals surface area contributed by atoms with E-state index in [0.717, 1.165) is 31.6 Å². The fourth-order valence-electron chi connectivity index (χ4n) is 4.37. The molecule has 3 aromatic carbocycles. The number of methoxy groups -OCH3 is 1. The minimum absolute atomic E-state index is 0.00511. The third-order valence-electron chi connectivity index (χ3n) is 6.20. The Morgan fingerprint density at radius 3 is 2.49 bits per heavy atom. The maximum atomic E-state index is 13.7. The van der Waals surface area contributed by atoms with E-state index < -0.39 is 0 Å². The van der Waals surface area contributed by atoms with Crippen LogP contribution in [0.2, 0.25) is 0 Å². The van der Waals surface area contributed by atoms with Crippen LogP contribution < -0.4 is 19.8 Å². The van der Waals surface area contributed by atoms with Crippen LogP contribution in [0.5, 0.6) is 17.2 Å². The summed E-state index contributed by atoms with van der Waals surface area (Å²) in [6.45, 7) is 12.6. The molecule has 0 aliphatic heterocycles. The topological polar surface area (TPSA) is 74.9 Å².